The Bertz CT molecular complexity index is 448. The molecule has 0 unspecified atom stereocenters. The van der Waals surface area contributed by atoms with Gasteiger partial charge < -0.3 is 10.1 Å². The summed E-state index contributed by atoms with van der Waals surface area (Å²) in [6.45, 7) is 0. The third-order valence-corrected chi connectivity index (χ3v) is 1.85. The number of aromatic nitrogens is 2. The lowest BCUT2D eigenvalue weighted by Gasteiger charge is -2.03. The highest BCUT2D eigenvalue weighted by Gasteiger charge is 2.07. The van der Waals surface area contributed by atoms with E-state index in [-0.39, 0.29) is 18.7 Å². The van der Waals surface area contributed by atoms with Gasteiger partial charge in [-0.05, 0) is 5.92 Å². The van der Waals surface area contributed by atoms with E-state index in [2.05, 4.69) is 25.9 Å². The summed E-state index contributed by atoms with van der Waals surface area (Å²) in [5, 5.41) is 2.48. The van der Waals surface area contributed by atoms with Gasteiger partial charge in [0, 0.05) is 6.42 Å². The van der Waals surface area contributed by atoms with Crippen LogP contribution in [0.2, 0.25) is 0 Å². The van der Waals surface area contributed by atoms with Crippen molar-refractivity contribution in [2.24, 2.45) is 0 Å². The zero-order valence-corrected chi connectivity index (χ0v) is 9.27. The van der Waals surface area contributed by atoms with Crippen molar-refractivity contribution in [3.05, 3.63) is 18.1 Å². The molecule has 0 spiro atoms. The molecule has 1 N–H and O–H groups in total. The van der Waals surface area contributed by atoms with E-state index >= 15 is 0 Å². The minimum Gasteiger partial charge on any atom is -0.469 e. The number of hydrogen-bond donors (Lipinski definition) is 1. The van der Waals surface area contributed by atoms with Crippen molar-refractivity contribution in [3.8, 4) is 12.3 Å². The highest BCUT2D eigenvalue weighted by atomic mass is 16.5. The predicted molar refractivity (Wildman–Crippen MR) is 59.8 cm³/mol. The van der Waals surface area contributed by atoms with Gasteiger partial charge in [-0.1, -0.05) is 0 Å². The number of methoxy groups -OCH3 is 1. The largest absolute Gasteiger partial charge is 0.469 e. The lowest BCUT2D eigenvalue weighted by molar-refractivity contribution is -0.141. The molecule has 0 radical (unpaired) electrons. The van der Waals surface area contributed by atoms with Crippen LogP contribution in [0.3, 0.4) is 0 Å². The Hall–Kier alpha value is -2.42. The minimum atomic E-state index is -0.436. The quantitative estimate of drug-likeness (QED) is 0.599. The summed E-state index contributed by atoms with van der Waals surface area (Å²) < 4.78 is 4.41. The van der Waals surface area contributed by atoms with E-state index < -0.39 is 5.97 Å². The van der Waals surface area contributed by atoms with Crippen LogP contribution in [-0.2, 0) is 14.3 Å². The summed E-state index contributed by atoms with van der Waals surface area (Å²) in [5.74, 6) is 1.83. The molecule has 0 fully saturated rings. The topological polar surface area (TPSA) is 81.2 Å². The van der Waals surface area contributed by atoms with Crippen LogP contribution in [0.15, 0.2) is 12.4 Å². The molecule has 0 aliphatic carbocycles. The van der Waals surface area contributed by atoms with E-state index in [1.165, 1.54) is 19.5 Å². The van der Waals surface area contributed by atoms with Crippen LogP contribution in [0, 0.1) is 12.3 Å². The van der Waals surface area contributed by atoms with Crippen molar-refractivity contribution in [1.82, 2.24) is 9.97 Å². The maximum atomic E-state index is 11.4. The van der Waals surface area contributed by atoms with Crippen molar-refractivity contribution in [2.75, 3.05) is 12.4 Å². The average Bonchev–Trinajstić information content (AvgIpc) is 2.36. The van der Waals surface area contributed by atoms with Crippen molar-refractivity contribution in [3.63, 3.8) is 0 Å². The van der Waals surface area contributed by atoms with Crippen molar-refractivity contribution in [1.29, 1.82) is 0 Å². The Labute approximate surface area is 98.4 Å². The molecule has 6 heteroatoms. The van der Waals surface area contributed by atoms with Gasteiger partial charge in [-0.2, -0.15) is 0 Å². The first-order valence-electron chi connectivity index (χ1n) is 4.81. The van der Waals surface area contributed by atoms with Gasteiger partial charge in [0.05, 0.1) is 25.9 Å². The van der Waals surface area contributed by atoms with E-state index in [0.717, 1.165) is 0 Å². The summed E-state index contributed by atoms with van der Waals surface area (Å²) in [5.41, 5.74) is 0.387. The number of rotatable bonds is 4. The molecule has 1 heterocycles. The number of terminal acetylenes is 1. The summed E-state index contributed by atoms with van der Waals surface area (Å²) in [7, 11) is 1.27. The van der Waals surface area contributed by atoms with E-state index in [0.29, 0.717) is 11.5 Å². The second kappa shape index (κ2) is 6.23. The number of esters is 1. The molecule has 88 valence electrons. The molecule has 0 aliphatic rings. The maximum Gasteiger partial charge on any atom is 0.306 e. The van der Waals surface area contributed by atoms with Gasteiger partial charge in [-0.3, -0.25) is 9.59 Å². The van der Waals surface area contributed by atoms with Crippen molar-refractivity contribution >= 4 is 17.7 Å². The summed E-state index contributed by atoms with van der Waals surface area (Å²) in [4.78, 5) is 29.9. The molecule has 1 rings (SSSR count). The second-order valence-electron chi connectivity index (χ2n) is 3.06. The molecule has 6 nitrogen and oxygen atoms in total. The number of hydrogen-bond acceptors (Lipinski definition) is 5. The van der Waals surface area contributed by atoms with E-state index in [4.69, 9.17) is 6.42 Å². The number of carbonyl (C=O) groups excluding carboxylic acids is 2. The fourth-order valence-electron chi connectivity index (χ4n) is 0.990. The van der Waals surface area contributed by atoms with Gasteiger partial charge in [0.15, 0.2) is 5.82 Å². The fourth-order valence-corrected chi connectivity index (χ4v) is 0.990. The van der Waals surface area contributed by atoms with Crippen molar-refractivity contribution in [2.45, 2.75) is 12.8 Å². The first kappa shape index (κ1) is 12.6. The zero-order valence-electron chi connectivity index (χ0n) is 9.27. The molecule has 0 aromatic carbocycles. The Kier molecular flexibility index (Phi) is 4.63. The molecule has 0 atom stereocenters. The van der Waals surface area contributed by atoms with Gasteiger partial charge in [0.2, 0.25) is 5.91 Å². The van der Waals surface area contributed by atoms with Crippen LogP contribution >= 0.6 is 0 Å². The standard InChI is InChI=1S/C11H11N3O3/c1-3-8-6-13-9(7-12-8)14-10(15)4-5-11(16)17-2/h1,6-7H,4-5H2,2H3,(H,13,14,15). The highest BCUT2D eigenvalue weighted by Crippen LogP contribution is 2.02. The normalized spacial score (nSPS) is 9.18. The number of nitrogens with one attached hydrogen (secondary N) is 1. The third-order valence-electron chi connectivity index (χ3n) is 1.85. The maximum absolute atomic E-state index is 11.4. The van der Waals surface area contributed by atoms with E-state index in [1.807, 2.05) is 0 Å². The zero-order chi connectivity index (χ0) is 12.7. The Morgan fingerprint density at radius 3 is 2.71 bits per heavy atom. The van der Waals surface area contributed by atoms with Crippen LogP contribution < -0.4 is 5.32 Å². The molecule has 0 bridgehead atoms. The number of anilines is 1. The molecule has 1 aromatic heterocycles. The third kappa shape index (κ3) is 4.30. The minimum absolute atomic E-state index is 0.0260. The summed E-state index contributed by atoms with van der Waals surface area (Å²) >= 11 is 0. The predicted octanol–water partition coefficient (Wildman–Crippen LogP) is 0.350. The number of ether oxygens (including phenoxy) is 1. The average molecular weight is 233 g/mol. The first-order valence-corrected chi connectivity index (χ1v) is 4.81. The SMILES string of the molecule is C#Cc1cnc(NC(=O)CCC(=O)OC)cn1. The van der Waals surface area contributed by atoms with Gasteiger partial charge in [-0.25, -0.2) is 9.97 Å². The van der Waals surface area contributed by atoms with Crippen LogP contribution in [0.5, 0.6) is 0 Å². The molecule has 0 saturated carbocycles. The lowest BCUT2D eigenvalue weighted by Crippen LogP contribution is -2.15. The summed E-state index contributed by atoms with van der Waals surface area (Å²) in [6, 6.07) is 0. The van der Waals surface area contributed by atoms with E-state index in [9.17, 15) is 9.59 Å². The first-order chi connectivity index (χ1) is 8.15. The molecule has 1 aromatic rings. The fraction of sp³-hybridized carbons (Fsp3) is 0.273. The number of amides is 1. The molecule has 1 amide bonds. The van der Waals surface area contributed by atoms with Gasteiger partial charge >= 0.3 is 5.97 Å². The molecular weight excluding hydrogens is 222 g/mol. The van der Waals surface area contributed by atoms with Gasteiger partial charge in [0.25, 0.3) is 0 Å². The second-order valence-corrected chi connectivity index (χ2v) is 3.06. The summed E-state index contributed by atoms with van der Waals surface area (Å²) in [6.07, 6.45) is 7.89. The van der Waals surface area contributed by atoms with Crippen LogP contribution in [0.25, 0.3) is 0 Å². The van der Waals surface area contributed by atoms with Gasteiger partial charge in [0.1, 0.15) is 5.69 Å². The molecule has 0 saturated heterocycles. The number of carbonyl (C=O) groups is 2. The van der Waals surface area contributed by atoms with E-state index in [1.54, 1.807) is 0 Å². The Balaban J connectivity index is 2.45. The van der Waals surface area contributed by atoms with Crippen LogP contribution in [-0.4, -0.2) is 29.0 Å². The molecule has 0 aliphatic heterocycles. The van der Waals surface area contributed by atoms with Crippen LogP contribution in [0.1, 0.15) is 18.5 Å². The highest BCUT2D eigenvalue weighted by molar-refractivity contribution is 5.91. The van der Waals surface area contributed by atoms with Crippen molar-refractivity contribution < 1.29 is 14.3 Å². The Morgan fingerprint density at radius 1 is 1.41 bits per heavy atom. The van der Waals surface area contributed by atoms with Crippen LogP contribution in [0.4, 0.5) is 5.82 Å². The number of nitrogens with zero attached hydrogens (tertiary/aromatic N) is 2. The van der Waals surface area contributed by atoms with Gasteiger partial charge in [-0.15, -0.1) is 6.42 Å². The molecule has 17 heavy (non-hydrogen) atoms. The monoisotopic (exact) mass is 233 g/mol. The molecular formula is C11H11N3O3. The lowest BCUT2D eigenvalue weighted by atomic mass is 10.3. The smallest absolute Gasteiger partial charge is 0.306 e. The Morgan fingerprint density at radius 2 is 2.18 bits per heavy atom.